The molecule has 2 heterocycles. The van der Waals surface area contributed by atoms with E-state index in [2.05, 4.69) is 37.2 Å². The molecule has 1 saturated heterocycles. The Morgan fingerprint density at radius 1 is 1.47 bits per heavy atom. The van der Waals surface area contributed by atoms with Crippen molar-refractivity contribution >= 4 is 0 Å². The molecule has 19 heavy (non-hydrogen) atoms. The quantitative estimate of drug-likeness (QED) is 0.821. The molecule has 1 atom stereocenters. The molecule has 2 rings (SSSR count). The van der Waals surface area contributed by atoms with Crippen molar-refractivity contribution in [3.8, 4) is 0 Å². The van der Waals surface area contributed by atoms with Crippen LogP contribution >= 0.6 is 0 Å². The van der Waals surface area contributed by atoms with Gasteiger partial charge in [-0.1, -0.05) is 13.8 Å². The lowest BCUT2D eigenvalue weighted by molar-refractivity contribution is 0.151. The number of hydrogen-bond donors (Lipinski definition) is 1. The van der Waals surface area contributed by atoms with E-state index in [1.165, 1.54) is 5.56 Å². The molecule has 0 saturated carbocycles. The average Bonchev–Trinajstić information content (AvgIpc) is 3.00. The Morgan fingerprint density at radius 2 is 2.32 bits per heavy atom. The van der Waals surface area contributed by atoms with Crippen molar-refractivity contribution in [1.29, 1.82) is 0 Å². The molecule has 1 aliphatic heterocycles. The fourth-order valence-electron chi connectivity index (χ4n) is 2.38. The molecular formula is C15H26N2O2. The first kappa shape index (κ1) is 14.6. The van der Waals surface area contributed by atoms with Crippen LogP contribution in [0.15, 0.2) is 16.7 Å². The molecule has 1 fully saturated rings. The molecule has 1 unspecified atom stereocenters. The third-order valence-corrected chi connectivity index (χ3v) is 3.63. The summed E-state index contributed by atoms with van der Waals surface area (Å²) in [7, 11) is 2.15. The van der Waals surface area contributed by atoms with Crippen LogP contribution in [0.4, 0.5) is 0 Å². The average molecular weight is 266 g/mol. The van der Waals surface area contributed by atoms with Gasteiger partial charge in [0, 0.05) is 24.8 Å². The van der Waals surface area contributed by atoms with Crippen molar-refractivity contribution in [3.05, 3.63) is 23.7 Å². The molecule has 0 aromatic carbocycles. The van der Waals surface area contributed by atoms with Crippen LogP contribution in [0.25, 0.3) is 0 Å². The maximum atomic E-state index is 5.63. The Kier molecular flexibility index (Phi) is 5.43. The molecule has 4 heteroatoms. The highest BCUT2D eigenvalue weighted by Crippen LogP contribution is 2.17. The Morgan fingerprint density at radius 3 is 3.00 bits per heavy atom. The Bertz CT molecular complexity index is 370. The summed E-state index contributed by atoms with van der Waals surface area (Å²) >= 11 is 0. The number of nitrogens with zero attached hydrogens (tertiary/aromatic N) is 1. The van der Waals surface area contributed by atoms with Crippen LogP contribution in [-0.4, -0.2) is 37.7 Å². The summed E-state index contributed by atoms with van der Waals surface area (Å²) in [5.41, 5.74) is 1.27. The van der Waals surface area contributed by atoms with E-state index in [4.69, 9.17) is 9.15 Å². The van der Waals surface area contributed by atoms with Crippen LogP contribution < -0.4 is 5.32 Å². The van der Waals surface area contributed by atoms with E-state index in [0.29, 0.717) is 12.0 Å². The minimum Gasteiger partial charge on any atom is -0.468 e. The van der Waals surface area contributed by atoms with E-state index in [9.17, 15) is 0 Å². The second-order valence-electron chi connectivity index (χ2n) is 5.83. The first-order valence-electron chi connectivity index (χ1n) is 7.20. The zero-order valence-electron chi connectivity index (χ0n) is 12.3. The lowest BCUT2D eigenvalue weighted by Gasteiger charge is -2.22. The van der Waals surface area contributed by atoms with Gasteiger partial charge in [-0.15, -0.1) is 0 Å². The van der Waals surface area contributed by atoms with Crippen molar-refractivity contribution in [1.82, 2.24) is 10.2 Å². The van der Waals surface area contributed by atoms with Crippen molar-refractivity contribution in [2.75, 3.05) is 26.8 Å². The van der Waals surface area contributed by atoms with Crippen LogP contribution in [0, 0.1) is 5.92 Å². The molecule has 1 aromatic heterocycles. The predicted molar refractivity (Wildman–Crippen MR) is 75.9 cm³/mol. The van der Waals surface area contributed by atoms with Crippen LogP contribution in [-0.2, 0) is 17.8 Å². The summed E-state index contributed by atoms with van der Waals surface area (Å²) < 4.78 is 11.1. The zero-order chi connectivity index (χ0) is 13.7. The standard InChI is InChI=1S/C15H26N2O2/c1-12(2)8-16-9-13-4-7-19-15(13)10-17(3)14-5-6-18-11-14/h4,7,12,14,16H,5-6,8-11H2,1-3H3. The number of nitrogens with one attached hydrogen (secondary N) is 1. The van der Waals surface area contributed by atoms with Gasteiger partial charge < -0.3 is 14.5 Å². The van der Waals surface area contributed by atoms with E-state index in [1.807, 2.05) is 0 Å². The van der Waals surface area contributed by atoms with Gasteiger partial charge in [-0.3, -0.25) is 4.90 Å². The number of hydrogen-bond acceptors (Lipinski definition) is 4. The maximum Gasteiger partial charge on any atom is 0.122 e. The molecule has 0 radical (unpaired) electrons. The third-order valence-electron chi connectivity index (χ3n) is 3.63. The van der Waals surface area contributed by atoms with Crippen LogP contribution in [0.5, 0.6) is 0 Å². The van der Waals surface area contributed by atoms with Gasteiger partial charge >= 0.3 is 0 Å². The van der Waals surface area contributed by atoms with Gasteiger partial charge in [0.2, 0.25) is 0 Å². The summed E-state index contributed by atoms with van der Waals surface area (Å²) in [4.78, 5) is 2.33. The Hall–Kier alpha value is -0.840. The summed E-state index contributed by atoms with van der Waals surface area (Å²) in [5, 5.41) is 3.47. The summed E-state index contributed by atoms with van der Waals surface area (Å²) in [6, 6.07) is 2.60. The molecule has 1 aliphatic rings. The molecule has 4 nitrogen and oxygen atoms in total. The molecule has 1 aromatic rings. The van der Waals surface area contributed by atoms with Gasteiger partial charge in [0.25, 0.3) is 0 Å². The molecule has 0 spiro atoms. The van der Waals surface area contributed by atoms with Gasteiger partial charge in [-0.2, -0.15) is 0 Å². The second-order valence-corrected chi connectivity index (χ2v) is 5.83. The van der Waals surface area contributed by atoms with E-state index in [0.717, 1.165) is 45.0 Å². The van der Waals surface area contributed by atoms with Gasteiger partial charge in [-0.05, 0) is 32.0 Å². The molecular weight excluding hydrogens is 240 g/mol. The normalized spacial score (nSPS) is 19.7. The van der Waals surface area contributed by atoms with Gasteiger partial charge in [0.1, 0.15) is 5.76 Å². The van der Waals surface area contributed by atoms with E-state index < -0.39 is 0 Å². The van der Waals surface area contributed by atoms with E-state index in [1.54, 1.807) is 6.26 Å². The fourth-order valence-corrected chi connectivity index (χ4v) is 2.38. The summed E-state index contributed by atoms with van der Waals surface area (Å²) in [6.07, 6.45) is 2.92. The summed E-state index contributed by atoms with van der Waals surface area (Å²) in [6.45, 7) is 8.96. The third kappa shape index (κ3) is 4.34. The first-order chi connectivity index (χ1) is 9.16. The smallest absolute Gasteiger partial charge is 0.122 e. The topological polar surface area (TPSA) is 37.6 Å². The Labute approximate surface area is 116 Å². The number of furan rings is 1. The molecule has 0 aliphatic carbocycles. The van der Waals surface area contributed by atoms with Crippen molar-refractivity contribution < 1.29 is 9.15 Å². The monoisotopic (exact) mass is 266 g/mol. The molecule has 0 bridgehead atoms. The molecule has 1 N–H and O–H groups in total. The van der Waals surface area contributed by atoms with Crippen molar-refractivity contribution in [2.24, 2.45) is 5.92 Å². The lowest BCUT2D eigenvalue weighted by Crippen LogP contribution is -2.31. The summed E-state index contributed by atoms with van der Waals surface area (Å²) in [5.74, 6) is 1.75. The van der Waals surface area contributed by atoms with E-state index >= 15 is 0 Å². The first-order valence-corrected chi connectivity index (χ1v) is 7.20. The largest absolute Gasteiger partial charge is 0.468 e. The molecule has 108 valence electrons. The highest BCUT2D eigenvalue weighted by molar-refractivity contribution is 5.16. The van der Waals surface area contributed by atoms with Crippen molar-refractivity contribution in [2.45, 2.75) is 39.4 Å². The van der Waals surface area contributed by atoms with Crippen LogP contribution in [0.2, 0.25) is 0 Å². The van der Waals surface area contributed by atoms with E-state index in [-0.39, 0.29) is 0 Å². The Balaban J connectivity index is 1.84. The number of likely N-dealkylation sites (N-methyl/N-ethyl adjacent to an activating group) is 1. The highest BCUT2D eigenvalue weighted by atomic mass is 16.5. The van der Waals surface area contributed by atoms with Gasteiger partial charge in [-0.25, -0.2) is 0 Å². The second kappa shape index (κ2) is 7.08. The molecule has 0 amide bonds. The fraction of sp³-hybridized carbons (Fsp3) is 0.733. The number of rotatable bonds is 7. The SMILES string of the molecule is CC(C)CNCc1ccoc1CN(C)C1CCOC1. The van der Waals surface area contributed by atoms with Gasteiger partial charge in [0.05, 0.1) is 19.4 Å². The predicted octanol–water partition coefficient (Wildman–Crippen LogP) is 2.25. The van der Waals surface area contributed by atoms with Crippen LogP contribution in [0.1, 0.15) is 31.6 Å². The van der Waals surface area contributed by atoms with Crippen LogP contribution in [0.3, 0.4) is 0 Å². The maximum absolute atomic E-state index is 5.63. The minimum absolute atomic E-state index is 0.529. The van der Waals surface area contributed by atoms with Gasteiger partial charge in [0.15, 0.2) is 0 Å². The zero-order valence-corrected chi connectivity index (χ0v) is 12.3. The van der Waals surface area contributed by atoms with Crippen molar-refractivity contribution in [3.63, 3.8) is 0 Å². The highest BCUT2D eigenvalue weighted by Gasteiger charge is 2.21. The lowest BCUT2D eigenvalue weighted by atomic mass is 10.2. The number of ether oxygens (including phenoxy) is 1. The minimum atomic E-state index is 0.529.